The van der Waals surface area contributed by atoms with E-state index in [1.54, 1.807) is 17.0 Å². The van der Waals surface area contributed by atoms with E-state index in [1.165, 1.54) is 16.1 Å². The SMILES string of the molecule is CC(C)(C)c1ccc(S(=O)(=O)N2CCN(C(=O)CSCCO)CC2)cc1. The van der Waals surface area contributed by atoms with Crippen molar-refractivity contribution in [2.75, 3.05) is 44.3 Å². The first kappa shape index (κ1) is 21.2. The van der Waals surface area contributed by atoms with Crippen molar-refractivity contribution >= 4 is 27.7 Å². The van der Waals surface area contributed by atoms with Gasteiger partial charge < -0.3 is 10.0 Å². The van der Waals surface area contributed by atoms with Crippen LogP contribution in [0.1, 0.15) is 26.3 Å². The van der Waals surface area contributed by atoms with Crippen molar-refractivity contribution < 1.29 is 18.3 Å². The number of piperazine rings is 1. The van der Waals surface area contributed by atoms with Crippen LogP contribution < -0.4 is 0 Å². The quantitative estimate of drug-likeness (QED) is 0.733. The second-order valence-corrected chi connectivity index (χ2v) is 10.4. The molecular weight excluding hydrogens is 372 g/mol. The summed E-state index contributed by atoms with van der Waals surface area (Å²) in [5, 5.41) is 8.76. The zero-order valence-electron chi connectivity index (χ0n) is 15.6. The van der Waals surface area contributed by atoms with Crippen molar-refractivity contribution in [3.05, 3.63) is 29.8 Å². The summed E-state index contributed by atoms with van der Waals surface area (Å²) < 4.78 is 27.1. The number of hydrogen-bond acceptors (Lipinski definition) is 5. The van der Waals surface area contributed by atoms with Gasteiger partial charge >= 0.3 is 0 Å². The number of carbonyl (C=O) groups excluding carboxylic acids is 1. The molecule has 1 saturated heterocycles. The molecule has 8 heteroatoms. The molecule has 1 aromatic carbocycles. The zero-order valence-corrected chi connectivity index (χ0v) is 17.3. The molecule has 0 saturated carbocycles. The normalized spacial score (nSPS) is 16.7. The van der Waals surface area contributed by atoms with Crippen LogP contribution in [0.4, 0.5) is 0 Å². The summed E-state index contributed by atoms with van der Waals surface area (Å²) >= 11 is 1.39. The molecule has 1 aliphatic heterocycles. The maximum atomic E-state index is 12.8. The lowest BCUT2D eigenvalue weighted by atomic mass is 9.87. The number of sulfonamides is 1. The Morgan fingerprint density at radius 1 is 1.12 bits per heavy atom. The van der Waals surface area contributed by atoms with E-state index in [4.69, 9.17) is 5.11 Å². The molecule has 6 nitrogen and oxygen atoms in total. The molecule has 0 radical (unpaired) electrons. The largest absolute Gasteiger partial charge is 0.396 e. The van der Waals surface area contributed by atoms with E-state index in [-0.39, 0.29) is 17.9 Å². The molecule has 2 rings (SSSR count). The lowest BCUT2D eigenvalue weighted by Gasteiger charge is -2.34. The summed E-state index contributed by atoms with van der Waals surface area (Å²) in [5.41, 5.74) is 1.06. The highest BCUT2D eigenvalue weighted by Crippen LogP contribution is 2.25. The average molecular weight is 401 g/mol. The van der Waals surface area contributed by atoms with Crippen LogP contribution in [0.15, 0.2) is 29.2 Å². The molecule has 1 heterocycles. The number of amides is 1. The number of nitrogens with zero attached hydrogens (tertiary/aromatic N) is 2. The molecule has 0 aliphatic carbocycles. The van der Waals surface area contributed by atoms with Crippen LogP contribution in [-0.4, -0.2) is 72.9 Å². The van der Waals surface area contributed by atoms with Crippen molar-refractivity contribution in [3.8, 4) is 0 Å². The molecule has 0 atom stereocenters. The van der Waals surface area contributed by atoms with Gasteiger partial charge in [-0.15, -0.1) is 11.8 Å². The van der Waals surface area contributed by atoms with E-state index < -0.39 is 10.0 Å². The number of thioether (sulfide) groups is 1. The van der Waals surface area contributed by atoms with Gasteiger partial charge in [0.1, 0.15) is 0 Å². The van der Waals surface area contributed by atoms with Crippen LogP contribution in [0.5, 0.6) is 0 Å². The van der Waals surface area contributed by atoms with Crippen molar-refractivity contribution in [2.24, 2.45) is 0 Å². The molecule has 1 N–H and O–H groups in total. The second-order valence-electron chi connectivity index (χ2n) is 7.34. The van der Waals surface area contributed by atoms with Gasteiger partial charge in [0.15, 0.2) is 0 Å². The monoisotopic (exact) mass is 400 g/mol. The molecule has 0 bridgehead atoms. The van der Waals surface area contributed by atoms with Crippen molar-refractivity contribution in [2.45, 2.75) is 31.1 Å². The molecule has 146 valence electrons. The molecular formula is C18H28N2O4S2. The summed E-state index contributed by atoms with van der Waals surface area (Å²) in [4.78, 5) is 14.1. The Hall–Kier alpha value is -1.09. The summed E-state index contributed by atoms with van der Waals surface area (Å²) in [7, 11) is -3.54. The first-order valence-corrected chi connectivity index (χ1v) is 11.3. The Labute approximate surface area is 160 Å². The Balaban J connectivity index is 1.98. The van der Waals surface area contributed by atoms with Gasteiger partial charge in [0.05, 0.1) is 17.3 Å². The smallest absolute Gasteiger partial charge is 0.243 e. The van der Waals surface area contributed by atoms with Gasteiger partial charge in [0, 0.05) is 31.9 Å². The van der Waals surface area contributed by atoms with Crippen LogP contribution in [-0.2, 0) is 20.2 Å². The average Bonchev–Trinajstić information content (AvgIpc) is 2.61. The lowest BCUT2D eigenvalue weighted by molar-refractivity contribution is -0.129. The minimum Gasteiger partial charge on any atom is -0.396 e. The lowest BCUT2D eigenvalue weighted by Crippen LogP contribution is -2.51. The van der Waals surface area contributed by atoms with Gasteiger partial charge in [0.25, 0.3) is 0 Å². The third kappa shape index (κ3) is 5.22. The minimum atomic E-state index is -3.54. The summed E-state index contributed by atoms with van der Waals surface area (Å²) in [6.45, 7) is 7.73. The number of aliphatic hydroxyl groups is 1. The fourth-order valence-corrected chi connectivity index (χ4v) is 4.82. The summed E-state index contributed by atoms with van der Waals surface area (Å²) in [6, 6.07) is 7.06. The van der Waals surface area contributed by atoms with Gasteiger partial charge in [-0.05, 0) is 23.1 Å². The maximum Gasteiger partial charge on any atom is 0.243 e. The summed E-state index contributed by atoms with van der Waals surface area (Å²) in [6.07, 6.45) is 0. The maximum absolute atomic E-state index is 12.8. The highest BCUT2D eigenvalue weighted by molar-refractivity contribution is 7.99. The fraction of sp³-hybridized carbons (Fsp3) is 0.611. The van der Waals surface area contributed by atoms with Crippen molar-refractivity contribution in [3.63, 3.8) is 0 Å². The number of benzene rings is 1. The Morgan fingerprint density at radius 2 is 1.69 bits per heavy atom. The van der Waals surface area contributed by atoms with E-state index in [1.807, 2.05) is 12.1 Å². The third-order valence-electron chi connectivity index (χ3n) is 4.41. The second kappa shape index (κ2) is 8.73. The zero-order chi connectivity index (χ0) is 19.4. The molecule has 1 aliphatic rings. The van der Waals surface area contributed by atoms with Crippen LogP contribution in [0.2, 0.25) is 0 Å². The fourth-order valence-electron chi connectivity index (χ4n) is 2.77. The van der Waals surface area contributed by atoms with E-state index in [0.717, 1.165) is 5.56 Å². The molecule has 0 aromatic heterocycles. The van der Waals surface area contributed by atoms with Crippen LogP contribution in [0, 0.1) is 0 Å². The predicted molar refractivity (Wildman–Crippen MR) is 105 cm³/mol. The Kier molecular flexibility index (Phi) is 7.12. The molecule has 0 spiro atoms. The first-order valence-electron chi connectivity index (χ1n) is 8.73. The van der Waals surface area contributed by atoms with Crippen molar-refractivity contribution in [1.82, 2.24) is 9.21 Å². The molecule has 1 amide bonds. The van der Waals surface area contributed by atoms with Gasteiger partial charge in [0.2, 0.25) is 15.9 Å². The van der Waals surface area contributed by atoms with Gasteiger partial charge in [-0.3, -0.25) is 4.79 Å². The summed E-state index contributed by atoms with van der Waals surface area (Å²) in [5.74, 6) is 0.849. The first-order chi connectivity index (χ1) is 12.2. The third-order valence-corrected chi connectivity index (χ3v) is 7.25. The van der Waals surface area contributed by atoms with Crippen LogP contribution in [0.3, 0.4) is 0 Å². The van der Waals surface area contributed by atoms with E-state index >= 15 is 0 Å². The molecule has 26 heavy (non-hydrogen) atoms. The molecule has 1 fully saturated rings. The van der Waals surface area contributed by atoms with E-state index in [0.29, 0.717) is 42.6 Å². The predicted octanol–water partition coefficient (Wildman–Crippen LogP) is 1.54. The molecule has 1 aromatic rings. The topological polar surface area (TPSA) is 77.9 Å². The highest BCUT2D eigenvalue weighted by Gasteiger charge is 2.30. The van der Waals surface area contributed by atoms with Gasteiger partial charge in [-0.2, -0.15) is 4.31 Å². The highest BCUT2D eigenvalue weighted by atomic mass is 32.2. The van der Waals surface area contributed by atoms with Gasteiger partial charge in [-0.25, -0.2) is 8.42 Å². The number of rotatable bonds is 6. The number of carbonyl (C=O) groups is 1. The van der Waals surface area contributed by atoms with Crippen LogP contribution >= 0.6 is 11.8 Å². The van der Waals surface area contributed by atoms with Crippen LogP contribution in [0.25, 0.3) is 0 Å². The Morgan fingerprint density at radius 3 is 2.19 bits per heavy atom. The Bertz CT molecular complexity index is 704. The number of aliphatic hydroxyl groups excluding tert-OH is 1. The van der Waals surface area contributed by atoms with E-state index in [9.17, 15) is 13.2 Å². The standard InChI is InChI=1S/C18H28N2O4S2/c1-18(2,3)15-4-6-16(7-5-15)26(23,24)20-10-8-19(9-11-20)17(22)14-25-13-12-21/h4-7,21H,8-14H2,1-3H3. The minimum absolute atomic E-state index is 0.00460. The van der Waals surface area contributed by atoms with Gasteiger partial charge in [-0.1, -0.05) is 32.9 Å². The van der Waals surface area contributed by atoms with Crippen molar-refractivity contribution in [1.29, 1.82) is 0 Å². The molecule has 0 unspecified atom stereocenters. The van der Waals surface area contributed by atoms with E-state index in [2.05, 4.69) is 20.8 Å². The number of hydrogen-bond donors (Lipinski definition) is 1.